The maximum atomic E-state index is 13.0. The van der Waals surface area contributed by atoms with Crippen LogP contribution in [0.2, 0.25) is 0 Å². The maximum absolute atomic E-state index is 13.0. The maximum Gasteiger partial charge on any atom is 0.223 e. The third-order valence-corrected chi connectivity index (χ3v) is 4.10. The lowest BCUT2D eigenvalue weighted by Crippen LogP contribution is -2.52. The second-order valence-electron chi connectivity index (χ2n) is 5.96. The zero-order chi connectivity index (χ0) is 17.5. The van der Waals surface area contributed by atoms with Crippen molar-refractivity contribution < 1.29 is 9.18 Å². The van der Waals surface area contributed by atoms with Crippen molar-refractivity contribution in [3.8, 4) is 0 Å². The Hall–Kier alpha value is -2.31. The van der Waals surface area contributed by atoms with Gasteiger partial charge in [-0.1, -0.05) is 0 Å². The van der Waals surface area contributed by atoms with Crippen LogP contribution in [0, 0.1) is 5.82 Å². The second kappa shape index (κ2) is 8.52. The normalized spacial score (nSPS) is 15.4. The summed E-state index contributed by atoms with van der Waals surface area (Å²) in [6.07, 6.45) is 0.446. The Bertz CT molecular complexity index is 565. The molecule has 1 aromatic rings. The van der Waals surface area contributed by atoms with Gasteiger partial charge in [0, 0.05) is 66.0 Å². The fourth-order valence-electron chi connectivity index (χ4n) is 2.67. The monoisotopic (exact) mass is 335 g/mol. The van der Waals surface area contributed by atoms with Crippen molar-refractivity contribution in [3.63, 3.8) is 0 Å². The number of aliphatic imine (C=N–C) groups is 1. The molecule has 0 spiro atoms. The van der Waals surface area contributed by atoms with Gasteiger partial charge in [0.2, 0.25) is 5.91 Å². The summed E-state index contributed by atoms with van der Waals surface area (Å²) in [7, 11) is 5.26. The lowest BCUT2D eigenvalue weighted by molar-refractivity contribution is -0.128. The summed E-state index contributed by atoms with van der Waals surface area (Å²) in [6, 6.07) is 6.60. The van der Waals surface area contributed by atoms with Crippen molar-refractivity contribution >= 4 is 17.6 Å². The third-order valence-electron chi connectivity index (χ3n) is 4.10. The smallest absolute Gasteiger partial charge is 0.223 e. The summed E-state index contributed by atoms with van der Waals surface area (Å²) in [6.45, 7) is 3.94. The molecule has 0 saturated carbocycles. The van der Waals surface area contributed by atoms with Gasteiger partial charge < -0.3 is 20.0 Å². The van der Waals surface area contributed by atoms with Crippen LogP contribution in [-0.4, -0.2) is 75.5 Å². The second-order valence-corrected chi connectivity index (χ2v) is 5.96. The standard InChI is InChI=1S/C17H26FN5O/c1-19-17(20-9-8-16(24)21(2)3)23-12-10-22(11-13-23)15-6-4-14(18)5-7-15/h4-7H,8-13H2,1-3H3,(H,19,20). The fraction of sp³-hybridized carbons (Fsp3) is 0.529. The van der Waals surface area contributed by atoms with E-state index in [0.29, 0.717) is 13.0 Å². The van der Waals surface area contributed by atoms with Gasteiger partial charge in [0.05, 0.1) is 0 Å². The fourth-order valence-corrected chi connectivity index (χ4v) is 2.67. The zero-order valence-corrected chi connectivity index (χ0v) is 14.6. The number of nitrogens with one attached hydrogen (secondary N) is 1. The Morgan fingerprint density at radius 3 is 2.38 bits per heavy atom. The Balaban J connectivity index is 1.81. The Labute approximate surface area is 142 Å². The number of halogens is 1. The average molecular weight is 335 g/mol. The van der Waals surface area contributed by atoms with Crippen LogP contribution in [0.4, 0.5) is 10.1 Å². The van der Waals surface area contributed by atoms with Gasteiger partial charge >= 0.3 is 0 Å². The predicted molar refractivity (Wildman–Crippen MR) is 94.9 cm³/mol. The number of carbonyl (C=O) groups excluding carboxylic acids is 1. The molecular formula is C17H26FN5O. The lowest BCUT2D eigenvalue weighted by Gasteiger charge is -2.37. The molecule has 24 heavy (non-hydrogen) atoms. The quantitative estimate of drug-likeness (QED) is 0.659. The van der Waals surface area contributed by atoms with E-state index in [-0.39, 0.29) is 11.7 Å². The van der Waals surface area contributed by atoms with E-state index in [1.165, 1.54) is 12.1 Å². The predicted octanol–water partition coefficient (Wildman–Crippen LogP) is 1.00. The highest BCUT2D eigenvalue weighted by Gasteiger charge is 2.19. The molecule has 0 radical (unpaired) electrons. The molecule has 7 heteroatoms. The van der Waals surface area contributed by atoms with E-state index in [4.69, 9.17) is 0 Å². The largest absolute Gasteiger partial charge is 0.368 e. The van der Waals surface area contributed by atoms with Gasteiger partial charge in [-0.15, -0.1) is 0 Å². The first-order valence-corrected chi connectivity index (χ1v) is 8.17. The third kappa shape index (κ3) is 4.84. The Morgan fingerprint density at radius 2 is 1.83 bits per heavy atom. The average Bonchev–Trinajstić information content (AvgIpc) is 2.59. The van der Waals surface area contributed by atoms with Crippen LogP contribution >= 0.6 is 0 Å². The molecule has 0 unspecified atom stereocenters. The molecule has 0 aliphatic carbocycles. The van der Waals surface area contributed by atoms with Crippen molar-refractivity contribution in [1.29, 1.82) is 0 Å². The summed E-state index contributed by atoms with van der Waals surface area (Å²) in [5, 5.41) is 3.25. The number of guanidine groups is 1. The van der Waals surface area contributed by atoms with E-state index in [9.17, 15) is 9.18 Å². The van der Waals surface area contributed by atoms with Gasteiger partial charge in [-0.3, -0.25) is 9.79 Å². The molecule has 1 fully saturated rings. The minimum Gasteiger partial charge on any atom is -0.368 e. The highest BCUT2D eigenvalue weighted by atomic mass is 19.1. The molecule has 1 aliphatic rings. The first-order valence-electron chi connectivity index (χ1n) is 8.17. The van der Waals surface area contributed by atoms with E-state index < -0.39 is 0 Å². The van der Waals surface area contributed by atoms with Crippen molar-refractivity contribution in [2.45, 2.75) is 6.42 Å². The number of hydrogen-bond donors (Lipinski definition) is 1. The van der Waals surface area contributed by atoms with Crippen LogP contribution in [0.25, 0.3) is 0 Å². The van der Waals surface area contributed by atoms with Gasteiger partial charge in [0.15, 0.2) is 5.96 Å². The summed E-state index contributed by atoms with van der Waals surface area (Å²) in [4.78, 5) is 21.9. The van der Waals surface area contributed by atoms with Gasteiger partial charge in [-0.2, -0.15) is 0 Å². The highest BCUT2D eigenvalue weighted by molar-refractivity contribution is 5.81. The van der Waals surface area contributed by atoms with E-state index in [1.54, 1.807) is 26.0 Å². The van der Waals surface area contributed by atoms with Crippen molar-refractivity contribution in [2.24, 2.45) is 4.99 Å². The number of benzene rings is 1. The molecule has 0 bridgehead atoms. The number of amides is 1. The first-order chi connectivity index (χ1) is 11.5. The lowest BCUT2D eigenvalue weighted by atomic mass is 10.2. The zero-order valence-electron chi connectivity index (χ0n) is 14.6. The molecule has 1 amide bonds. The van der Waals surface area contributed by atoms with Crippen molar-refractivity contribution in [2.75, 3.05) is 58.8 Å². The van der Waals surface area contributed by atoms with Gasteiger partial charge in [-0.25, -0.2) is 4.39 Å². The molecule has 2 rings (SSSR count). The first kappa shape index (κ1) is 18.0. The summed E-state index contributed by atoms with van der Waals surface area (Å²) >= 11 is 0. The molecule has 1 N–H and O–H groups in total. The molecule has 132 valence electrons. The van der Waals surface area contributed by atoms with Gasteiger partial charge in [0.1, 0.15) is 5.82 Å². The molecule has 1 aromatic carbocycles. The minimum atomic E-state index is -0.214. The number of carbonyl (C=O) groups is 1. The van der Waals surface area contributed by atoms with Crippen LogP contribution in [0.3, 0.4) is 0 Å². The van der Waals surface area contributed by atoms with Crippen LogP contribution < -0.4 is 10.2 Å². The number of rotatable bonds is 4. The number of nitrogens with zero attached hydrogens (tertiary/aromatic N) is 4. The highest BCUT2D eigenvalue weighted by Crippen LogP contribution is 2.16. The van der Waals surface area contributed by atoms with Crippen LogP contribution in [0.1, 0.15) is 6.42 Å². The Kier molecular flexibility index (Phi) is 6.40. The summed E-state index contributed by atoms with van der Waals surface area (Å²) in [5.74, 6) is 0.702. The topological polar surface area (TPSA) is 51.2 Å². The molecule has 1 heterocycles. The van der Waals surface area contributed by atoms with Crippen LogP contribution in [0.5, 0.6) is 0 Å². The van der Waals surface area contributed by atoms with Crippen LogP contribution in [0.15, 0.2) is 29.3 Å². The van der Waals surface area contributed by atoms with Gasteiger partial charge in [0.25, 0.3) is 0 Å². The molecule has 6 nitrogen and oxygen atoms in total. The van der Waals surface area contributed by atoms with Gasteiger partial charge in [-0.05, 0) is 24.3 Å². The van der Waals surface area contributed by atoms with E-state index in [0.717, 1.165) is 37.8 Å². The van der Waals surface area contributed by atoms with E-state index >= 15 is 0 Å². The molecule has 0 atom stereocenters. The Morgan fingerprint density at radius 1 is 1.21 bits per heavy atom. The minimum absolute atomic E-state index is 0.0964. The number of hydrogen-bond acceptors (Lipinski definition) is 3. The van der Waals surface area contributed by atoms with E-state index in [2.05, 4.69) is 20.1 Å². The molecule has 1 saturated heterocycles. The molecule has 1 aliphatic heterocycles. The molecule has 0 aromatic heterocycles. The number of anilines is 1. The van der Waals surface area contributed by atoms with Crippen molar-refractivity contribution in [1.82, 2.24) is 15.1 Å². The summed E-state index contributed by atoms with van der Waals surface area (Å²) < 4.78 is 13.0. The summed E-state index contributed by atoms with van der Waals surface area (Å²) in [5.41, 5.74) is 1.04. The number of piperazine rings is 1. The van der Waals surface area contributed by atoms with Crippen LogP contribution in [-0.2, 0) is 4.79 Å². The van der Waals surface area contributed by atoms with E-state index in [1.807, 2.05) is 12.1 Å². The van der Waals surface area contributed by atoms with Crippen molar-refractivity contribution in [3.05, 3.63) is 30.1 Å². The SMILES string of the molecule is CN=C(NCCC(=O)N(C)C)N1CCN(c2ccc(F)cc2)CC1. The molecular weight excluding hydrogens is 309 g/mol.